The first-order valence-corrected chi connectivity index (χ1v) is 10.1. The second kappa shape index (κ2) is 6.71. The highest BCUT2D eigenvalue weighted by atomic mass is 16.2. The maximum Gasteiger partial charge on any atom is 0.244 e. The summed E-state index contributed by atoms with van der Waals surface area (Å²) in [5.41, 5.74) is -0.534. The van der Waals surface area contributed by atoms with E-state index in [-0.39, 0.29) is 23.6 Å². The minimum Gasteiger partial charge on any atom is -0.350 e. The number of nitrogens with zero attached hydrogens (tertiary/aromatic N) is 1. The molecule has 3 atom stereocenters. The van der Waals surface area contributed by atoms with E-state index >= 15 is 0 Å². The van der Waals surface area contributed by atoms with Crippen molar-refractivity contribution in [1.29, 1.82) is 0 Å². The lowest BCUT2D eigenvalue weighted by atomic mass is 9.62. The number of nitrogens with one attached hydrogen (secondary N) is 1. The van der Waals surface area contributed by atoms with Crippen LogP contribution in [0.2, 0.25) is 0 Å². The van der Waals surface area contributed by atoms with Gasteiger partial charge in [0, 0.05) is 17.9 Å². The van der Waals surface area contributed by atoms with Crippen LogP contribution >= 0.6 is 0 Å². The van der Waals surface area contributed by atoms with Gasteiger partial charge < -0.3 is 5.32 Å². The quantitative estimate of drug-likeness (QED) is 0.810. The minimum atomic E-state index is -0.836. The summed E-state index contributed by atoms with van der Waals surface area (Å²) in [6, 6.07) is 8.74. The maximum absolute atomic E-state index is 13.6. The molecule has 1 aromatic carbocycles. The van der Waals surface area contributed by atoms with Gasteiger partial charge in [-0.3, -0.25) is 19.3 Å². The second-order valence-electron chi connectivity index (χ2n) is 10.1. The smallest absolute Gasteiger partial charge is 0.244 e. The van der Waals surface area contributed by atoms with Gasteiger partial charge in [0.05, 0.1) is 5.41 Å². The molecule has 2 fully saturated rings. The summed E-state index contributed by atoms with van der Waals surface area (Å²) < 4.78 is 0. The van der Waals surface area contributed by atoms with E-state index in [9.17, 15) is 14.4 Å². The van der Waals surface area contributed by atoms with Crippen molar-refractivity contribution >= 4 is 17.7 Å². The number of likely N-dealkylation sites (tertiary alicyclic amines) is 1. The molecule has 28 heavy (non-hydrogen) atoms. The Morgan fingerprint density at radius 1 is 1.18 bits per heavy atom. The first-order chi connectivity index (χ1) is 12.9. The number of imide groups is 1. The van der Waals surface area contributed by atoms with E-state index in [1.54, 1.807) is 0 Å². The first kappa shape index (κ1) is 20.6. The van der Waals surface area contributed by atoms with Crippen LogP contribution in [0.25, 0.3) is 0 Å². The van der Waals surface area contributed by atoms with Gasteiger partial charge in [-0.05, 0) is 44.6 Å². The van der Waals surface area contributed by atoms with Crippen molar-refractivity contribution in [2.45, 2.75) is 72.4 Å². The Kier molecular flexibility index (Phi) is 4.93. The Hall–Kier alpha value is -2.17. The van der Waals surface area contributed by atoms with Gasteiger partial charge in [0.2, 0.25) is 17.7 Å². The van der Waals surface area contributed by atoms with Gasteiger partial charge in [0.25, 0.3) is 0 Å². The summed E-state index contributed by atoms with van der Waals surface area (Å²) in [4.78, 5) is 41.4. The molecule has 3 unspecified atom stereocenters. The molecular weight excluding hydrogens is 352 g/mol. The van der Waals surface area contributed by atoms with Crippen molar-refractivity contribution in [3.8, 4) is 0 Å². The number of carbonyl (C=O) groups is 3. The minimum absolute atomic E-state index is 0.199. The van der Waals surface area contributed by atoms with Crippen LogP contribution in [-0.4, -0.2) is 34.2 Å². The highest BCUT2D eigenvalue weighted by molar-refractivity contribution is 6.07. The van der Waals surface area contributed by atoms with Crippen LogP contribution in [0.15, 0.2) is 30.3 Å². The average Bonchev–Trinajstić information content (AvgIpc) is 2.77. The predicted molar refractivity (Wildman–Crippen MR) is 108 cm³/mol. The van der Waals surface area contributed by atoms with Gasteiger partial charge in [0.1, 0.15) is 6.04 Å². The van der Waals surface area contributed by atoms with Gasteiger partial charge in [-0.15, -0.1) is 0 Å². The highest BCUT2D eigenvalue weighted by Gasteiger charge is 2.65. The number of hydrogen-bond acceptors (Lipinski definition) is 3. The molecule has 5 nitrogen and oxygen atoms in total. The number of carbonyl (C=O) groups excluding carboxylic acids is 3. The Balaban J connectivity index is 2.01. The lowest BCUT2D eigenvalue weighted by Gasteiger charge is -2.49. The molecule has 1 N–H and O–H groups in total. The van der Waals surface area contributed by atoms with Gasteiger partial charge in [-0.25, -0.2) is 0 Å². The molecular formula is C23H32N2O3. The fourth-order valence-corrected chi connectivity index (χ4v) is 4.74. The monoisotopic (exact) mass is 384 g/mol. The number of hydrogen-bond donors (Lipinski definition) is 1. The predicted octanol–water partition coefficient (Wildman–Crippen LogP) is 3.32. The van der Waals surface area contributed by atoms with Gasteiger partial charge in [-0.2, -0.15) is 0 Å². The summed E-state index contributed by atoms with van der Waals surface area (Å²) in [5, 5.41) is 2.98. The van der Waals surface area contributed by atoms with Gasteiger partial charge in [0.15, 0.2) is 0 Å². The van der Waals surface area contributed by atoms with E-state index in [0.717, 1.165) is 5.56 Å². The molecule has 1 aliphatic carbocycles. The Morgan fingerprint density at radius 2 is 1.79 bits per heavy atom. The fraction of sp³-hybridized carbons (Fsp3) is 0.609. The van der Waals surface area contributed by atoms with Crippen LogP contribution in [0.5, 0.6) is 0 Å². The van der Waals surface area contributed by atoms with Crippen molar-refractivity contribution < 1.29 is 14.4 Å². The third-order valence-corrected chi connectivity index (χ3v) is 6.84. The normalized spacial score (nSPS) is 27.6. The van der Waals surface area contributed by atoms with E-state index in [0.29, 0.717) is 19.3 Å². The second-order valence-corrected chi connectivity index (χ2v) is 10.1. The fourth-order valence-electron chi connectivity index (χ4n) is 4.74. The largest absolute Gasteiger partial charge is 0.350 e. The van der Waals surface area contributed by atoms with Crippen molar-refractivity contribution in [3.05, 3.63) is 35.9 Å². The van der Waals surface area contributed by atoms with Crippen molar-refractivity contribution in [2.75, 3.05) is 0 Å². The van der Waals surface area contributed by atoms with Gasteiger partial charge in [-0.1, -0.05) is 51.1 Å². The molecule has 2 bridgehead atoms. The topological polar surface area (TPSA) is 66.5 Å². The van der Waals surface area contributed by atoms with Crippen molar-refractivity contribution in [3.63, 3.8) is 0 Å². The molecule has 0 radical (unpaired) electrons. The molecule has 1 heterocycles. The number of amides is 3. The molecule has 3 rings (SSSR count). The molecule has 1 aromatic rings. The molecule has 2 aliphatic rings. The Bertz CT molecular complexity index is 794. The highest BCUT2D eigenvalue weighted by Crippen LogP contribution is 2.60. The number of piperidine rings is 1. The Morgan fingerprint density at radius 3 is 2.36 bits per heavy atom. The van der Waals surface area contributed by atoms with E-state index in [1.807, 2.05) is 71.9 Å². The Labute approximate surface area is 167 Å². The summed E-state index contributed by atoms with van der Waals surface area (Å²) in [6.07, 6.45) is 1.71. The van der Waals surface area contributed by atoms with Crippen LogP contribution in [0.3, 0.4) is 0 Å². The maximum atomic E-state index is 13.6. The summed E-state index contributed by atoms with van der Waals surface area (Å²) in [6.45, 7) is 11.7. The number of rotatable bonds is 4. The van der Waals surface area contributed by atoms with Crippen LogP contribution in [-0.2, 0) is 20.8 Å². The standard InChI is InChI=1S/C23H32N2O3/c1-21(2,3)24-18(26)17(14-15-10-8-7-9-11-15)25-19(27)16-12-13-23(6,20(25)28)22(16,4)5/h7-11,16-17H,12-14H2,1-6H3,(H,24,26). The lowest BCUT2D eigenvalue weighted by Crippen LogP contribution is -2.65. The molecule has 0 aromatic heterocycles. The number of fused-ring (bicyclic) bond motifs is 2. The lowest BCUT2D eigenvalue weighted by molar-refractivity contribution is -0.173. The number of benzene rings is 1. The van der Waals surface area contributed by atoms with E-state index in [1.165, 1.54) is 4.90 Å². The summed E-state index contributed by atoms with van der Waals surface area (Å²) in [7, 11) is 0. The van der Waals surface area contributed by atoms with Crippen LogP contribution in [0.1, 0.15) is 59.9 Å². The zero-order chi connectivity index (χ0) is 20.9. The summed E-state index contributed by atoms with van der Waals surface area (Å²) in [5.74, 6) is -0.909. The van der Waals surface area contributed by atoms with Crippen molar-refractivity contribution in [1.82, 2.24) is 10.2 Å². The SMILES string of the molecule is CC(C)(C)NC(=O)C(Cc1ccccc1)N1C(=O)C2CCC(C)(C1=O)C2(C)C. The average molecular weight is 385 g/mol. The molecule has 1 saturated carbocycles. The molecule has 152 valence electrons. The molecule has 1 saturated heterocycles. The molecule has 1 aliphatic heterocycles. The molecule has 3 amide bonds. The van der Waals surface area contributed by atoms with E-state index < -0.39 is 22.4 Å². The van der Waals surface area contributed by atoms with Crippen LogP contribution < -0.4 is 5.32 Å². The van der Waals surface area contributed by atoms with Crippen molar-refractivity contribution in [2.24, 2.45) is 16.7 Å². The van der Waals surface area contributed by atoms with Gasteiger partial charge >= 0.3 is 0 Å². The summed E-state index contributed by atoms with van der Waals surface area (Å²) >= 11 is 0. The van der Waals surface area contributed by atoms with Crippen LogP contribution in [0, 0.1) is 16.7 Å². The third-order valence-electron chi connectivity index (χ3n) is 6.84. The zero-order valence-corrected chi connectivity index (χ0v) is 17.8. The van der Waals surface area contributed by atoms with Crippen LogP contribution in [0.4, 0.5) is 0 Å². The van der Waals surface area contributed by atoms with E-state index in [2.05, 4.69) is 5.32 Å². The first-order valence-electron chi connectivity index (χ1n) is 10.1. The van der Waals surface area contributed by atoms with E-state index in [4.69, 9.17) is 0 Å². The third kappa shape index (κ3) is 3.25. The zero-order valence-electron chi connectivity index (χ0n) is 17.8. The molecule has 0 spiro atoms. The molecule has 5 heteroatoms.